The standard InChI is InChI=1S/C26H20F26O7S/c27-15(28,17(31,32)19(35,36)21(39,40)23(43,44)25(47,48)49)3-5-54-7-9-56-13-2-1-12(60-59-58-53)11-14(13)57-10-8-55-6-4-16(29,30)18(33,34)20(37,38)22(41,42)24(45,46)26(50,51)52/h1-2,11,53H,3-10H2. The van der Waals surface area contributed by atoms with Crippen LogP contribution in [0.5, 0.6) is 11.5 Å². The summed E-state index contributed by atoms with van der Waals surface area (Å²) in [4.78, 5) is -0.127. The summed E-state index contributed by atoms with van der Waals surface area (Å²) in [6.07, 6.45) is -20.7. The third kappa shape index (κ3) is 10.5. The van der Waals surface area contributed by atoms with Crippen molar-refractivity contribution in [3.8, 4) is 11.5 Å². The van der Waals surface area contributed by atoms with E-state index in [0.29, 0.717) is 0 Å². The Kier molecular flexibility index (Phi) is 17.0. The molecular formula is C26H20F26O7S. The Morgan fingerprint density at radius 3 is 1.07 bits per heavy atom. The molecule has 0 aromatic heterocycles. The fourth-order valence-corrected chi connectivity index (χ4v) is 4.16. The van der Waals surface area contributed by atoms with Crippen LogP contribution in [0.15, 0.2) is 23.1 Å². The van der Waals surface area contributed by atoms with Gasteiger partial charge in [-0.25, -0.2) is 5.26 Å². The van der Waals surface area contributed by atoms with E-state index in [4.69, 9.17) is 14.7 Å². The van der Waals surface area contributed by atoms with Crippen molar-refractivity contribution in [2.75, 3.05) is 39.6 Å². The smallest absolute Gasteiger partial charge is 0.460 e. The van der Waals surface area contributed by atoms with Gasteiger partial charge in [0.1, 0.15) is 13.2 Å². The van der Waals surface area contributed by atoms with Crippen LogP contribution in [0.1, 0.15) is 12.8 Å². The fraction of sp³-hybridized carbons (Fsp3) is 0.769. The van der Waals surface area contributed by atoms with Crippen molar-refractivity contribution in [1.29, 1.82) is 0 Å². The summed E-state index contributed by atoms with van der Waals surface area (Å²) < 4.78 is 366. The third-order valence-electron chi connectivity index (χ3n) is 7.16. The first-order chi connectivity index (χ1) is 26.6. The minimum atomic E-state index is -8.13. The Bertz CT molecular complexity index is 1530. The van der Waals surface area contributed by atoms with E-state index in [1.54, 1.807) is 0 Å². The van der Waals surface area contributed by atoms with Gasteiger partial charge in [-0.15, -0.1) is 4.33 Å². The summed E-state index contributed by atoms with van der Waals surface area (Å²) in [6.45, 7) is -7.68. The van der Waals surface area contributed by atoms with Crippen LogP contribution < -0.4 is 9.47 Å². The largest absolute Gasteiger partial charge is 0.487 e. The lowest BCUT2D eigenvalue weighted by Crippen LogP contribution is -2.70. The van der Waals surface area contributed by atoms with Crippen LogP contribution in [0, 0.1) is 0 Å². The molecule has 354 valence electrons. The Hall–Kier alpha value is -2.85. The van der Waals surface area contributed by atoms with Crippen molar-refractivity contribution in [1.82, 2.24) is 0 Å². The van der Waals surface area contributed by atoms with Crippen molar-refractivity contribution >= 4 is 12.0 Å². The molecule has 1 N–H and O–H groups in total. The van der Waals surface area contributed by atoms with Crippen LogP contribution >= 0.6 is 12.0 Å². The summed E-state index contributed by atoms with van der Waals surface area (Å²) >= 11 is 0.175. The van der Waals surface area contributed by atoms with Crippen LogP contribution in [-0.2, 0) is 18.8 Å². The minimum Gasteiger partial charge on any atom is -0.487 e. The summed E-state index contributed by atoms with van der Waals surface area (Å²) in [6, 6.07) is 2.75. The highest BCUT2D eigenvalue weighted by Crippen LogP contribution is 2.62. The van der Waals surface area contributed by atoms with E-state index in [1.165, 1.54) is 0 Å². The number of alkyl halides is 26. The molecule has 60 heavy (non-hydrogen) atoms. The predicted octanol–water partition coefficient (Wildman–Crippen LogP) is 11.2. The summed E-state index contributed by atoms with van der Waals surface area (Å²) in [5.41, 5.74) is 0. The molecule has 0 radical (unpaired) electrons. The van der Waals surface area contributed by atoms with Crippen LogP contribution in [0.25, 0.3) is 0 Å². The Balaban J connectivity index is 2.91. The van der Waals surface area contributed by atoms with Gasteiger partial charge >= 0.3 is 71.6 Å². The monoisotopic (exact) mass is 970 g/mol. The number of ether oxygens (including phenoxy) is 4. The number of hydrogen-bond donors (Lipinski definition) is 1. The maximum Gasteiger partial charge on any atom is 0.460 e. The predicted molar refractivity (Wildman–Crippen MR) is 141 cm³/mol. The molecule has 0 bridgehead atoms. The van der Waals surface area contributed by atoms with Gasteiger partial charge in [0.25, 0.3) is 0 Å². The first-order valence-electron chi connectivity index (χ1n) is 14.7. The van der Waals surface area contributed by atoms with Gasteiger partial charge in [-0.1, -0.05) is 5.04 Å². The molecule has 0 spiro atoms. The zero-order valence-corrected chi connectivity index (χ0v) is 28.8. The van der Waals surface area contributed by atoms with E-state index >= 15 is 0 Å². The molecule has 1 aromatic rings. The molecule has 0 heterocycles. The van der Waals surface area contributed by atoms with Gasteiger partial charge in [0, 0.05) is 17.7 Å². The quantitative estimate of drug-likeness (QED) is 0.0342. The average molecular weight is 970 g/mol. The molecular weight excluding hydrogens is 950 g/mol. The van der Waals surface area contributed by atoms with Crippen molar-refractivity contribution < 1.29 is 148 Å². The molecule has 7 nitrogen and oxygen atoms in total. The van der Waals surface area contributed by atoms with Gasteiger partial charge in [0.2, 0.25) is 0 Å². The highest BCUT2D eigenvalue weighted by molar-refractivity contribution is 7.94. The van der Waals surface area contributed by atoms with Crippen LogP contribution in [-0.4, -0.2) is 116 Å². The van der Waals surface area contributed by atoms with E-state index in [9.17, 15) is 114 Å². The first-order valence-corrected chi connectivity index (χ1v) is 15.5. The number of benzene rings is 1. The molecule has 1 rings (SSSR count). The zero-order valence-electron chi connectivity index (χ0n) is 28.0. The number of halogens is 26. The molecule has 0 saturated carbocycles. The molecule has 0 aliphatic heterocycles. The van der Waals surface area contributed by atoms with Crippen molar-refractivity contribution in [3.63, 3.8) is 0 Å². The average Bonchev–Trinajstić information content (AvgIpc) is 3.09. The number of rotatable bonds is 25. The van der Waals surface area contributed by atoms with Gasteiger partial charge in [0.15, 0.2) is 11.5 Å². The van der Waals surface area contributed by atoms with Crippen molar-refractivity contribution in [3.05, 3.63) is 18.2 Å². The topological polar surface area (TPSA) is 75.6 Å². The Labute approximate surface area is 319 Å². The van der Waals surface area contributed by atoms with Gasteiger partial charge < -0.3 is 18.9 Å². The normalized spacial score (nSPS) is 15.1. The molecule has 0 aliphatic carbocycles. The van der Waals surface area contributed by atoms with E-state index in [2.05, 4.69) is 18.8 Å². The van der Waals surface area contributed by atoms with Crippen molar-refractivity contribution in [2.24, 2.45) is 0 Å². The molecule has 34 heteroatoms. The Morgan fingerprint density at radius 2 is 0.733 bits per heavy atom. The maximum atomic E-state index is 13.9. The van der Waals surface area contributed by atoms with Crippen LogP contribution in [0.4, 0.5) is 114 Å². The SMILES string of the molecule is OOOSc1ccc(OCCOCCC(F)(F)C(F)(F)C(F)(F)C(F)(F)C(F)(F)C(F)(F)F)c(OCCOCCC(F)(F)C(F)(F)C(F)(F)C(F)(F)C(F)(F)C(F)(F)F)c1. The molecule has 0 amide bonds. The second-order valence-electron chi connectivity index (χ2n) is 11.3. The molecule has 0 saturated heterocycles. The lowest BCUT2D eigenvalue weighted by atomic mass is 9.93. The highest BCUT2D eigenvalue weighted by Gasteiger charge is 2.92. The second-order valence-corrected chi connectivity index (χ2v) is 12.0. The van der Waals surface area contributed by atoms with E-state index < -0.39 is 136 Å². The molecule has 0 aliphatic rings. The second kappa shape index (κ2) is 18.5. The van der Waals surface area contributed by atoms with Gasteiger partial charge in [-0.05, 0) is 18.2 Å². The van der Waals surface area contributed by atoms with Gasteiger partial charge in [0.05, 0.1) is 38.5 Å². The lowest BCUT2D eigenvalue weighted by Gasteiger charge is -2.39. The van der Waals surface area contributed by atoms with E-state index in [1.807, 2.05) is 0 Å². The zero-order chi connectivity index (χ0) is 47.5. The van der Waals surface area contributed by atoms with E-state index in [0.717, 1.165) is 18.2 Å². The van der Waals surface area contributed by atoms with E-state index in [-0.39, 0.29) is 16.9 Å². The molecule has 0 unspecified atom stereocenters. The fourth-order valence-electron chi connectivity index (χ4n) is 3.77. The Morgan fingerprint density at radius 1 is 0.400 bits per heavy atom. The maximum absolute atomic E-state index is 13.9. The van der Waals surface area contributed by atoms with Crippen LogP contribution in [0.2, 0.25) is 0 Å². The number of hydrogen-bond acceptors (Lipinski definition) is 8. The first kappa shape index (κ1) is 55.2. The minimum absolute atomic E-state index is 0.127. The lowest BCUT2D eigenvalue weighted by molar-refractivity contribution is -0.440. The van der Waals surface area contributed by atoms with Gasteiger partial charge in [-0.2, -0.15) is 114 Å². The summed E-state index contributed by atoms with van der Waals surface area (Å²) in [7, 11) is 0. The van der Waals surface area contributed by atoms with Crippen LogP contribution in [0.3, 0.4) is 0 Å². The molecule has 0 atom stereocenters. The third-order valence-corrected chi connectivity index (χ3v) is 7.74. The molecule has 0 fully saturated rings. The summed E-state index contributed by atoms with van der Waals surface area (Å²) in [5, 5.41) is 11.5. The van der Waals surface area contributed by atoms with Gasteiger partial charge in [-0.3, -0.25) is 0 Å². The highest BCUT2D eigenvalue weighted by atomic mass is 32.2. The van der Waals surface area contributed by atoms with Crippen molar-refractivity contribution in [2.45, 2.75) is 89.3 Å². The molecule has 1 aromatic carbocycles. The summed E-state index contributed by atoms with van der Waals surface area (Å²) in [5.74, 6) is -77.4.